The summed E-state index contributed by atoms with van der Waals surface area (Å²) in [4.78, 5) is 23.9. The van der Waals surface area contributed by atoms with Crippen LogP contribution in [0.1, 0.15) is 55.2 Å². The first-order valence-corrected chi connectivity index (χ1v) is 12.4. The van der Waals surface area contributed by atoms with Gasteiger partial charge in [0.1, 0.15) is 5.82 Å². The number of rotatable bonds is 10. The quantitative estimate of drug-likeness (QED) is 0.206. The molecule has 0 amide bonds. The van der Waals surface area contributed by atoms with E-state index in [-0.39, 0.29) is 11.8 Å². The predicted octanol–water partition coefficient (Wildman–Crippen LogP) is 3.67. The maximum Gasteiger partial charge on any atom is 0.220 e. The molecule has 0 spiro atoms. The minimum atomic E-state index is -1.16. The molecule has 0 fully saturated rings. The maximum atomic E-state index is 14.4. The Morgan fingerprint density at radius 2 is 1.92 bits per heavy atom. The number of hydroxylamine groups is 1. The monoisotopic (exact) mass is 524 g/mol. The first-order chi connectivity index (χ1) is 18.1. The Balaban J connectivity index is 1.60. The number of nitrogen functional groups attached to an aromatic ring is 1. The van der Waals surface area contributed by atoms with Gasteiger partial charge in [0, 0.05) is 18.1 Å². The van der Waals surface area contributed by atoms with Crippen molar-refractivity contribution in [2.24, 2.45) is 4.99 Å². The average molecular weight is 525 g/mol. The van der Waals surface area contributed by atoms with E-state index in [4.69, 9.17) is 25.0 Å². The fourth-order valence-electron chi connectivity index (χ4n) is 4.25. The van der Waals surface area contributed by atoms with Gasteiger partial charge >= 0.3 is 0 Å². The smallest absolute Gasteiger partial charge is 0.220 e. The van der Waals surface area contributed by atoms with E-state index in [1.165, 1.54) is 19.2 Å². The third-order valence-corrected chi connectivity index (χ3v) is 5.94. The van der Waals surface area contributed by atoms with Gasteiger partial charge in [-0.2, -0.15) is 0 Å². The zero-order valence-corrected chi connectivity index (χ0v) is 22.0. The Labute approximate surface area is 221 Å². The van der Waals surface area contributed by atoms with E-state index in [1.54, 1.807) is 38.1 Å². The molecule has 202 valence electrons. The molecular weight excluding hydrogens is 491 g/mol. The van der Waals surface area contributed by atoms with Crippen LogP contribution in [0.25, 0.3) is 11.3 Å². The Morgan fingerprint density at radius 3 is 2.68 bits per heavy atom. The number of aryl methyl sites for hydroxylation is 1. The summed E-state index contributed by atoms with van der Waals surface area (Å²) in [6.07, 6.45) is 1.85. The van der Waals surface area contributed by atoms with E-state index in [0.29, 0.717) is 66.8 Å². The average Bonchev–Trinajstić information content (AvgIpc) is 2.86. The van der Waals surface area contributed by atoms with Crippen LogP contribution in [0, 0.1) is 12.7 Å². The molecule has 0 saturated carbocycles. The van der Waals surface area contributed by atoms with Gasteiger partial charge in [0.05, 0.1) is 49.0 Å². The van der Waals surface area contributed by atoms with E-state index < -0.39 is 11.8 Å². The Hall–Kier alpha value is -3.67. The summed E-state index contributed by atoms with van der Waals surface area (Å²) in [5, 5.41) is 9.65. The number of pyridine rings is 1. The number of aliphatic imine (C=N–C) groups is 1. The number of nitrogens with two attached hydrogens (primary N) is 1. The van der Waals surface area contributed by atoms with Crippen LogP contribution in [0.2, 0.25) is 0 Å². The van der Waals surface area contributed by atoms with Crippen molar-refractivity contribution in [3.8, 4) is 17.1 Å². The van der Waals surface area contributed by atoms with Crippen LogP contribution in [0.4, 0.5) is 10.3 Å². The number of anilines is 1. The number of nitrogens with one attached hydrogen (secondary N) is 1. The van der Waals surface area contributed by atoms with Crippen LogP contribution >= 0.6 is 0 Å². The van der Waals surface area contributed by atoms with E-state index in [9.17, 15) is 9.50 Å². The van der Waals surface area contributed by atoms with Crippen LogP contribution in [-0.2, 0) is 16.0 Å². The summed E-state index contributed by atoms with van der Waals surface area (Å²) in [7, 11) is 1.53. The Morgan fingerprint density at radius 1 is 1.13 bits per heavy atom. The number of halogens is 1. The lowest BCUT2D eigenvalue weighted by Gasteiger charge is -2.26. The molecule has 4 rings (SSSR count). The largest absolute Gasteiger partial charge is 0.481 e. The minimum Gasteiger partial charge on any atom is -0.481 e. The van der Waals surface area contributed by atoms with Crippen LogP contribution in [-0.4, -0.2) is 52.0 Å². The molecule has 4 N–H and O–H groups in total. The second kappa shape index (κ2) is 11.8. The number of aromatic nitrogens is 3. The Kier molecular flexibility index (Phi) is 8.50. The van der Waals surface area contributed by atoms with Gasteiger partial charge in [-0.15, -0.1) is 0 Å². The first-order valence-electron chi connectivity index (χ1n) is 12.4. The molecule has 38 heavy (non-hydrogen) atoms. The highest BCUT2D eigenvalue weighted by atomic mass is 19.1. The molecule has 0 radical (unpaired) electrons. The van der Waals surface area contributed by atoms with Gasteiger partial charge in [0.2, 0.25) is 11.8 Å². The molecule has 1 unspecified atom stereocenters. The van der Waals surface area contributed by atoms with Crippen LogP contribution < -0.4 is 16.0 Å². The lowest BCUT2D eigenvalue weighted by atomic mass is 9.91. The minimum absolute atomic E-state index is 0.169. The zero-order valence-electron chi connectivity index (χ0n) is 22.0. The molecule has 11 heteroatoms. The van der Waals surface area contributed by atoms with Crippen LogP contribution in [0.3, 0.4) is 0 Å². The Bertz CT molecular complexity index is 1310. The van der Waals surface area contributed by atoms with Crippen LogP contribution in [0.15, 0.2) is 41.4 Å². The van der Waals surface area contributed by atoms with Crippen molar-refractivity contribution in [3.63, 3.8) is 0 Å². The molecule has 0 aliphatic carbocycles. The van der Waals surface area contributed by atoms with Crippen molar-refractivity contribution in [2.75, 3.05) is 26.1 Å². The lowest BCUT2D eigenvalue weighted by molar-refractivity contribution is -0.176. The number of methoxy groups -OCH3 is 1. The van der Waals surface area contributed by atoms with E-state index >= 15 is 0 Å². The number of benzene rings is 1. The second-order valence-corrected chi connectivity index (χ2v) is 9.44. The lowest BCUT2D eigenvalue weighted by Crippen LogP contribution is -2.32. The molecule has 1 aliphatic heterocycles. The highest BCUT2D eigenvalue weighted by Crippen LogP contribution is 2.36. The standard InChI is InChI=1S/C27H33FN6O4/c1-16-24-22(33-26(29)30-16)15-21(32-25(24)34-38-13-6-5-12-37-27(2,3)35)18-11-10-17(28)14-19(18)20-8-7-9-23(31-20)36-4/h7-11,14,21,35H,5-6,12-13,15H2,1-4H3,(H,32,34)(H2,29,30,33). The van der Waals surface area contributed by atoms with Crippen LogP contribution in [0.5, 0.6) is 5.88 Å². The number of fused-ring (bicyclic) bond motifs is 1. The van der Waals surface area contributed by atoms with Crippen molar-refractivity contribution < 1.29 is 23.8 Å². The number of unbranched alkanes of at least 4 members (excludes halogenated alkanes) is 1. The third kappa shape index (κ3) is 6.80. The van der Waals surface area contributed by atoms with E-state index in [2.05, 4.69) is 20.4 Å². The summed E-state index contributed by atoms with van der Waals surface area (Å²) >= 11 is 0. The van der Waals surface area contributed by atoms with Gasteiger partial charge in [-0.05, 0) is 57.4 Å². The third-order valence-electron chi connectivity index (χ3n) is 5.94. The number of hydrogen-bond acceptors (Lipinski definition) is 10. The second-order valence-electron chi connectivity index (χ2n) is 9.44. The van der Waals surface area contributed by atoms with Gasteiger partial charge < -0.3 is 20.3 Å². The summed E-state index contributed by atoms with van der Waals surface area (Å²) in [5.74, 6) is -0.479. The van der Waals surface area contributed by atoms with E-state index in [1.807, 2.05) is 6.92 Å². The molecule has 1 atom stereocenters. The number of amidine groups is 1. The molecule has 3 heterocycles. The highest BCUT2D eigenvalue weighted by molar-refractivity contribution is 6.01. The van der Waals surface area contributed by atoms with Gasteiger partial charge in [0.15, 0.2) is 11.6 Å². The SMILES string of the molecule is COc1cccc(-c2cc(F)ccc2C2Cc3nc(N)nc(C)c3C(NOCCCCOC(C)(C)O)=N2)n1. The first kappa shape index (κ1) is 27.4. The maximum absolute atomic E-state index is 14.4. The van der Waals surface area contributed by atoms with Gasteiger partial charge in [-0.25, -0.2) is 24.8 Å². The van der Waals surface area contributed by atoms with Gasteiger partial charge in [-0.1, -0.05) is 12.1 Å². The molecular formula is C27H33FN6O4. The van der Waals surface area contributed by atoms with Crippen molar-refractivity contribution in [1.82, 2.24) is 20.4 Å². The topological polar surface area (TPSA) is 137 Å². The summed E-state index contributed by atoms with van der Waals surface area (Å²) in [6, 6.07) is 9.49. The molecule has 2 aromatic heterocycles. The molecule has 3 aromatic rings. The molecule has 10 nitrogen and oxygen atoms in total. The molecule has 0 bridgehead atoms. The number of aliphatic hydroxyl groups is 1. The fourth-order valence-corrected chi connectivity index (χ4v) is 4.25. The number of hydrogen-bond donors (Lipinski definition) is 3. The summed E-state index contributed by atoms with van der Waals surface area (Å²) in [5.41, 5.74) is 13.0. The van der Waals surface area contributed by atoms with Crippen molar-refractivity contribution >= 4 is 11.8 Å². The van der Waals surface area contributed by atoms with Gasteiger partial charge in [-0.3, -0.25) is 9.83 Å². The molecule has 1 aliphatic rings. The zero-order chi connectivity index (χ0) is 27.3. The summed E-state index contributed by atoms with van der Waals surface area (Å²) < 4.78 is 25.0. The predicted molar refractivity (Wildman–Crippen MR) is 141 cm³/mol. The summed E-state index contributed by atoms with van der Waals surface area (Å²) in [6.45, 7) is 5.82. The van der Waals surface area contributed by atoms with Gasteiger partial charge in [0.25, 0.3) is 0 Å². The normalized spacial score (nSPS) is 15.1. The number of ether oxygens (including phenoxy) is 2. The van der Waals surface area contributed by atoms with Crippen molar-refractivity contribution in [3.05, 3.63) is 64.7 Å². The highest BCUT2D eigenvalue weighted by Gasteiger charge is 2.28. The number of nitrogens with zero attached hydrogens (tertiary/aromatic N) is 4. The molecule has 0 saturated heterocycles. The molecule has 1 aromatic carbocycles. The van der Waals surface area contributed by atoms with Crippen molar-refractivity contribution in [2.45, 2.75) is 51.9 Å². The van der Waals surface area contributed by atoms with Crippen molar-refractivity contribution in [1.29, 1.82) is 0 Å². The van der Waals surface area contributed by atoms with E-state index in [0.717, 1.165) is 11.1 Å². The fraction of sp³-hybridized carbons (Fsp3) is 0.407.